The molecule has 2 aromatic carbocycles. The molecule has 1 N–H and O–H groups in total. The van der Waals surface area contributed by atoms with Gasteiger partial charge in [0.05, 0.1) is 11.8 Å². The van der Waals surface area contributed by atoms with Crippen molar-refractivity contribution in [3.8, 4) is 16.9 Å². The highest BCUT2D eigenvalue weighted by Gasteiger charge is 2.15. The van der Waals surface area contributed by atoms with Crippen LogP contribution in [0.3, 0.4) is 0 Å². The molecule has 3 nitrogen and oxygen atoms in total. The van der Waals surface area contributed by atoms with Gasteiger partial charge in [-0.2, -0.15) is 0 Å². The Balaban J connectivity index is 2.19. The molecule has 0 saturated heterocycles. The monoisotopic (exact) mass is 267 g/mol. The van der Waals surface area contributed by atoms with Crippen LogP contribution in [-0.4, -0.2) is 24.1 Å². The van der Waals surface area contributed by atoms with Gasteiger partial charge in [0.25, 0.3) is 0 Å². The maximum Gasteiger partial charge on any atom is 0.142 e. The number of furan rings is 1. The highest BCUT2D eigenvalue weighted by Crippen LogP contribution is 2.36. The van der Waals surface area contributed by atoms with Crippen molar-refractivity contribution in [3.05, 3.63) is 54.3 Å². The molecule has 0 saturated carbocycles. The Morgan fingerprint density at radius 2 is 1.80 bits per heavy atom. The number of nitrogens with zero attached hydrogens (tertiary/aromatic N) is 1. The zero-order valence-corrected chi connectivity index (χ0v) is 11.6. The van der Waals surface area contributed by atoms with Gasteiger partial charge < -0.3 is 14.4 Å². The van der Waals surface area contributed by atoms with Crippen LogP contribution in [0.2, 0.25) is 0 Å². The van der Waals surface area contributed by atoms with Crippen LogP contribution in [0.15, 0.2) is 53.1 Å². The fourth-order valence-electron chi connectivity index (χ4n) is 2.46. The predicted octanol–water partition coefficient (Wildman–Crippen LogP) is 3.87. The number of benzene rings is 2. The molecule has 20 heavy (non-hydrogen) atoms. The topological polar surface area (TPSA) is 36.6 Å². The molecule has 0 fully saturated rings. The van der Waals surface area contributed by atoms with E-state index in [1.165, 1.54) is 0 Å². The van der Waals surface area contributed by atoms with Crippen LogP contribution in [0.5, 0.6) is 5.75 Å². The summed E-state index contributed by atoms with van der Waals surface area (Å²) in [6.07, 6.45) is 1.76. The standard InChI is InChI=1S/C17H17NO2/c1-18(2)10-14-16(19)9-8-13-15(11-20-17(13)14)12-6-4-3-5-7-12/h3-9,11,19H,10H2,1-2H3. The molecule has 0 bridgehead atoms. The number of hydrogen-bond acceptors (Lipinski definition) is 3. The van der Waals surface area contributed by atoms with Crippen molar-refractivity contribution in [2.75, 3.05) is 14.1 Å². The molecule has 0 aliphatic rings. The minimum absolute atomic E-state index is 0.278. The van der Waals surface area contributed by atoms with Gasteiger partial charge in [-0.25, -0.2) is 0 Å². The molecule has 3 aromatic rings. The van der Waals surface area contributed by atoms with Crippen molar-refractivity contribution in [1.82, 2.24) is 4.90 Å². The number of rotatable bonds is 3. The summed E-state index contributed by atoms with van der Waals surface area (Å²) in [5.41, 5.74) is 3.76. The quantitative estimate of drug-likeness (QED) is 0.782. The Hall–Kier alpha value is -2.26. The zero-order chi connectivity index (χ0) is 14.1. The summed E-state index contributed by atoms with van der Waals surface area (Å²) in [6.45, 7) is 0.644. The van der Waals surface area contributed by atoms with E-state index in [1.54, 1.807) is 12.3 Å². The zero-order valence-electron chi connectivity index (χ0n) is 11.6. The van der Waals surface area contributed by atoms with Crippen molar-refractivity contribution < 1.29 is 9.52 Å². The van der Waals surface area contributed by atoms with Crippen LogP contribution in [0.1, 0.15) is 5.56 Å². The number of aromatic hydroxyl groups is 1. The maximum absolute atomic E-state index is 10.1. The van der Waals surface area contributed by atoms with Gasteiger partial charge in [0, 0.05) is 17.5 Å². The number of phenols is 1. The minimum Gasteiger partial charge on any atom is -0.507 e. The van der Waals surface area contributed by atoms with E-state index in [9.17, 15) is 5.11 Å². The van der Waals surface area contributed by atoms with Gasteiger partial charge in [-0.15, -0.1) is 0 Å². The number of phenolic OH excluding ortho intramolecular Hbond substituents is 1. The van der Waals surface area contributed by atoms with E-state index >= 15 is 0 Å². The molecular weight excluding hydrogens is 250 g/mol. The van der Waals surface area contributed by atoms with Crippen molar-refractivity contribution in [2.45, 2.75) is 6.54 Å². The maximum atomic E-state index is 10.1. The third-order valence-electron chi connectivity index (χ3n) is 3.38. The predicted molar refractivity (Wildman–Crippen MR) is 80.7 cm³/mol. The van der Waals surface area contributed by atoms with Gasteiger partial charge >= 0.3 is 0 Å². The highest BCUT2D eigenvalue weighted by atomic mass is 16.3. The summed E-state index contributed by atoms with van der Waals surface area (Å²) in [5, 5.41) is 11.1. The Labute approximate surface area is 118 Å². The van der Waals surface area contributed by atoms with E-state index in [2.05, 4.69) is 12.1 Å². The minimum atomic E-state index is 0.278. The van der Waals surface area contributed by atoms with Gasteiger partial charge in [0.2, 0.25) is 0 Å². The molecule has 0 radical (unpaired) electrons. The van der Waals surface area contributed by atoms with E-state index in [4.69, 9.17) is 4.42 Å². The van der Waals surface area contributed by atoms with Crippen LogP contribution >= 0.6 is 0 Å². The van der Waals surface area contributed by atoms with Crippen LogP contribution in [0.25, 0.3) is 22.1 Å². The molecule has 1 heterocycles. The van der Waals surface area contributed by atoms with Crippen LogP contribution in [-0.2, 0) is 6.54 Å². The van der Waals surface area contributed by atoms with E-state index in [0.29, 0.717) is 6.54 Å². The molecule has 0 spiro atoms. The van der Waals surface area contributed by atoms with Gasteiger partial charge in [-0.05, 0) is 31.8 Å². The Morgan fingerprint density at radius 3 is 2.50 bits per heavy atom. The van der Waals surface area contributed by atoms with Crippen LogP contribution in [0, 0.1) is 0 Å². The van der Waals surface area contributed by atoms with Crippen molar-refractivity contribution >= 4 is 11.0 Å². The first-order valence-electron chi connectivity index (χ1n) is 6.59. The SMILES string of the molecule is CN(C)Cc1c(O)ccc2c(-c3ccccc3)coc12. The largest absolute Gasteiger partial charge is 0.507 e. The highest BCUT2D eigenvalue weighted by molar-refractivity contribution is 5.96. The molecule has 0 atom stereocenters. The Kier molecular flexibility index (Phi) is 3.20. The lowest BCUT2D eigenvalue weighted by Crippen LogP contribution is -2.10. The lowest BCUT2D eigenvalue weighted by molar-refractivity contribution is 0.384. The van der Waals surface area contributed by atoms with E-state index in [1.807, 2.05) is 43.3 Å². The molecule has 0 amide bonds. The van der Waals surface area contributed by atoms with Crippen LogP contribution < -0.4 is 0 Å². The first-order chi connectivity index (χ1) is 9.66. The van der Waals surface area contributed by atoms with Gasteiger partial charge in [0.1, 0.15) is 11.3 Å². The van der Waals surface area contributed by atoms with Crippen molar-refractivity contribution in [2.24, 2.45) is 0 Å². The van der Waals surface area contributed by atoms with Gasteiger partial charge in [-0.3, -0.25) is 0 Å². The Bertz CT molecular complexity index is 729. The first-order valence-corrected chi connectivity index (χ1v) is 6.59. The fourth-order valence-corrected chi connectivity index (χ4v) is 2.46. The summed E-state index contributed by atoms with van der Waals surface area (Å²) in [7, 11) is 3.94. The van der Waals surface area contributed by atoms with Gasteiger partial charge in [-0.1, -0.05) is 30.3 Å². The van der Waals surface area contributed by atoms with Crippen molar-refractivity contribution in [3.63, 3.8) is 0 Å². The third-order valence-corrected chi connectivity index (χ3v) is 3.38. The summed E-state index contributed by atoms with van der Waals surface area (Å²) in [4.78, 5) is 2.01. The fraction of sp³-hybridized carbons (Fsp3) is 0.176. The molecule has 3 rings (SSSR count). The normalized spacial score (nSPS) is 11.3. The molecule has 3 heteroatoms. The third kappa shape index (κ3) is 2.17. The summed E-state index contributed by atoms with van der Waals surface area (Å²) in [5.74, 6) is 0.278. The molecule has 102 valence electrons. The molecule has 0 aliphatic heterocycles. The average Bonchev–Trinajstić information content (AvgIpc) is 2.87. The van der Waals surface area contributed by atoms with E-state index < -0.39 is 0 Å². The van der Waals surface area contributed by atoms with E-state index in [0.717, 1.165) is 27.7 Å². The number of fused-ring (bicyclic) bond motifs is 1. The Morgan fingerprint density at radius 1 is 1.05 bits per heavy atom. The molecule has 0 aliphatic carbocycles. The summed E-state index contributed by atoms with van der Waals surface area (Å²) in [6, 6.07) is 13.8. The average molecular weight is 267 g/mol. The smallest absolute Gasteiger partial charge is 0.142 e. The molecule has 0 unspecified atom stereocenters. The van der Waals surface area contributed by atoms with Crippen LogP contribution in [0.4, 0.5) is 0 Å². The number of hydrogen-bond donors (Lipinski definition) is 1. The second kappa shape index (κ2) is 5.02. The lowest BCUT2D eigenvalue weighted by Gasteiger charge is -2.11. The lowest BCUT2D eigenvalue weighted by atomic mass is 10.0. The van der Waals surface area contributed by atoms with Crippen molar-refractivity contribution in [1.29, 1.82) is 0 Å². The summed E-state index contributed by atoms with van der Waals surface area (Å²) < 4.78 is 5.73. The summed E-state index contributed by atoms with van der Waals surface area (Å²) >= 11 is 0. The van der Waals surface area contributed by atoms with E-state index in [-0.39, 0.29) is 5.75 Å². The second-order valence-electron chi connectivity index (χ2n) is 5.19. The second-order valence-corrected chi connectivity index (χ2v) is 5.19. The molecular formula is C17H17NO2. The van der Waals surface area contributed by atoms with Gasteiger partial charge in [0.15, 0.2) is 0 Å². The first kappa shape index (κ1) is 12.8. The molecule has 1 aromatic heterocycles.